The average molecular weight is 184 g/mol. The van der Waals surface area contributed by atoms with Crippen molar-refractivity contribution in [2.75, 3.05) is 13.7 Å². The third-order valence-electron chi connectivity index (χ3n) is 1.77. The lowest BCUT2D eigenvalue weighted by Gasteiger charge is -2.09. The fourth-order valence-electron chi connectivity index (χ4n) is 1.17. The van der Waals surface area contributed by atoms with E-state index < -0.39 is 6.10 Å². The quantitative estimate of drug-likeness (QED) is 0.766. The van der Waals surface area contributed by atoms with E-state index in [9.17, 15) is 9.50 Å². The van der Waals surface area contributed by atoms with Crippen molar-refractivity contribution in [2.24, 2.45) is 0 Å². The molecule has 0 spiro atoms. The normalized spacial score (nSPS) is 12.8. The van der Waals surface area contributed by atoms with Crippen molar-refractivity contribution in [3.05, 3.63) is 35.6 Å². The van der Waals surface area contributed by atoms with Crippen LogP contribution in [0.4, 0.5) is 4.39 Å². The van der Waals surface area contributed by atoms with E-state index in [1.54, 1.807) is 18.2 Å². The van der Waals surface area contributed by atoms with Gasteiger partial charge in [0.05, 0.1) is 12.7 Å². The molecule has 0 saturated heterocycles. The topological polar surface area (TPSA) is 29.5 Å². The Morgan fingerprint density at radius 2 is 2.15 bits per heavy atom. The van der Waals surface area contributed by atoms with Crippen LogP contribution < -0.4 is 0 Å². The van der Waals surface area contributed by atoms with E-state index in [1.165, 1.54) is 13.2 Å². The van der Waals surface area contributed by atoms with Gasteiger partial charge in [-0.1, -0.05) is 18.2 Å². The maximum atomic E-state index is 13.0. The summed E-state index contributed by atoms with van der Waals surface area (Å²) in [5, 5.41) is 9.34. The van der Waals surface area contributed by atoms with Gasteiger partial charge in [-0.05, 0) is 11.6 Å². The van der Waals surface area contributed by atoms with Crippen LogP contribution in [0.3, 0.4) is 0 Å². The number of aliphatic hydroxyl groups excluding tert-OH is 1. The second-order valence-corrected chi connectivity index (χ2v) is 2.90. The molecule has 0 fully saturated rings. The maximum absolute atomic E-state index is 13.0. The third-order valence-corrected chi connectivity index (χ3v) is 1.77. The molecule has 0 aliphatic heterocycles. The van der Waals surface area contributed by atoms with Crippen LogP contribution in [-0.2, 0) is 11.2 Å². The first-order chi connectivity index (χ1) is 6.24. The molecule has 3 heteroatoms. The monoisotopic (exact) mass is 184 g/mol. The van der Waals surface area contributed by atoms with Crippen molar-refractivity contribution < 1.29 is 14.2 Å². The number of rotatable bonds is 4. The van der Waals surface area contributed by atoms with Crippen molar-refractivity contribution in [1.82, 2.24) is 0 Å². The Morgan fingerprint density at radius 1 is 1.46 bits per heavy atom. The molecular weight excluding hydrogens is 171 g/mol. The zero-order valence-corrected chi connectivity index (χ0v) is 7.53. The number of halogens is 1. The molecule has 1 aromatic rings. The van der Waals surface area contributed by atoms with Gasteiger partial charge in [-0.15, -0.1) is 0 Å². The Hall–Kier alpha value is -0.930. The summed E-state index contributed by atoms with van der Waals surface area (Å²) in [4.78, 5) is 0. The summed E-state index contributed by atoms with van der Waals surface area (Å²) in [5.74, 6) is -0.280. The molecule has 0 aromatic heterocycles. The zero-order valence-electron chi connectivity index (χ0n) is 7.53. The first-order valence-electron chi connectivity index (χ1n) is 4.14. The van der Waals surface area contributed by atoms with Gasteiger partial charge in [0.2, 0.25) is 0 Å². The molecule has 1 aromatic carbocycles. The van der Waals surface area contributed by atoms with Crippen molar-refractivity contribution in [3.8, 4) is 0 Å². The highest BCUT2D eigenvalue weighted by molar-refractivity contribution is 5.17. The summed E-state index contributed by atoms with van der Waals surface area (Å²) < 4.78 is 17.8. The number of methoxy groups -OCH3 is 1. The predicted octanol–water partition coefficient (Wildman–Crippen LogP) is 1.38. The molecule has 1 unspecified atom stereocenters. The van der Waals surface area contributed by atoms with Gasteiger partial charge in [-0.3, -0.25) is 0 Å². The molecule has 0 amide bonds. The Morgan fingerprint density at radius 3 is 2.77 bits per heavy atom. The summed E-state index contributed by atoms with van der Waals surface area (Å²) >= 11 is 0. The molecule has 72 valence electrons. The highest BCUT2D eigenvalue weighted by Gasteiger charge is 2.07. The minimum atomic E-state index is -0.637. The fourth-order valence-corrected chi connectivity index (χ4v) is 1.17. The predicted molar refractivity (Wildman–Crippen MR) is 48.0 cm³/mol. The van der Waals surface area contributed by atoms with Gasteiger partial charge < -0.3 is 9.84 Å². The lowest BCUT2D eigenvalue weighted by molar-refractivity contribution is 0.0645. The van der Waals surface area contributed by atoms with E-state index in [4.69, 9.17) is 4.74 Å². The Labute approximate surface area is 77.0 Å². The van der Waals surface area contributed by atoms with Crippen molar-refractivity contribution >= 4 is 0 Å². The summed E-state index contributed by atoms with van der Waals surface area (Å²) in [7, 11) is 1.50. The molecule has 1 atom stereocenters. The molecule has 2 nitrogen and oxygen atoms in total. The van der Waals surface area contributed by atoms with Crippen LogP contribution >= 0.6 is 0 Å². The van der Waals surface area contributed by atoms with E-state index in [-0.39, 0.29) is 12.4 Å². The number of ether oxygens (including phenoxy) is 1. The Bertz CT molecular complexity index is 263. The highest BCUT2D eigenvalue weighted by Crippen LogP contribution is 2.08. The standard InChI is InChI=1S/C10H13FO2/c1-13-7-9(12)6-8-4-2-3-5-10(8)11/h2-5,9,12H,6-7H2,1H3. The zero-order chi connectivity index (χ0) is 9.68. The molecular formula is C10H13FO2. The SMILES string of the molecule is COCC(O)Cc1ccccc1F. The molecule has 1 N–H and O–H groups in total. The van der Waals surface area contributed by atoms with Gasteiger partial charge in [-0.25, -0.2) is 4.39 Å². The van der Waals surface area contributed by atoms with Crippen LogP contribution in [0, 0.1) is 5.82 Å². The fraction of sp³-hybridized carbons (Fsp3) is 0.400. The number of aliphatic hydroxyl groups is 1. The Balaban J connectivity index is 2.58. The highest BCUT2D eigenvalue weighted by atomic mass is 19.1. The van der Waals surface area contributed by atoms with Crippen LogP contribution in [-0.4, -0.2) is 24.9 Å². The van der Waals surface area contributed by atoms with Crippen molar-refractivity contribution in [3.63, 3.8) is 0 Å². The summed E-state index contributed by atoms with van der Waals surface area (Å²) in [5.41, 5.74) is 0.520. The molecule has 0 heterocycles. The van der Waals surface area contributed by atoms with E-state index in [1.807, 2.05) is 0 Å². The molecule has 1 rings (SSSR count). The average Bonchev–Trinajstić information content (AvgIpc) is 2.09. The largest absolute Gasteiger partial charge is 0.390 e. The van der Waals surface area contributed by atoms with Gasteiger partial charge in [0.15, 0.2) is 0 Å². The van der Waals surface area contributed by atoms with Gasteiger partial charge >= 0.3 is 0 Å². The second-order valence-electron chi connectivity index (χ2n) is 2.90. The van der Waals surface area contributed by atoms with E-state index >= 15 is 0 Å². The molecule has 0 aliphatic carbocycles. The molecule has 0 radical (unpaired) electrons. The molecule has 0 aliphatic rings. The summed E-state index contributed by atoms with van der Waals surface area (Å²) in [6.45, 7) is 0.230. The van der Waals surface area contributed by atoms with E-state index in [0.717, 1.165) is 0 Å². The van der Waals surface area contributed by atoms with E-state index in [2.05, 4.69) is 0 Å². The van der Waals surface area contributed by atoms with Crippen LogP contribution in [0.1, 0.15) is 5.56 Å². The van der Waals surface area contributed by atoms with Gasteiger partial charge in [0.25, 0.3) is 0 Å². The van der Waals surface area contributed by atoms with Crippen LogP contribution in [0.2, 0.25) is 0 Å². The van der Waals surface area contributed by atoms with Crippen LogP contribution in [0.5, 0.6) is 0 Å². The maximum Gasteiger partial charge on any atom is 0.126 e. The first kappa shape index (κ1) is 10.2. The number of hydrogen-bond donors (Lipinski definition) is 1. The number of benzene rings is 1. The molecule has 0 bridgehead atoms. The van der Waals surface area contributed by atoms with Crippen molar-refractivity contribution in [1.29, 1.82) is 0 Å². The smallest absolute Gasteiger partial charge is 0.126 e. The van der Waals surface area contributed by atoms with Crippen molar-refractivity contribution in [2.45, 2.75) is 12.5 Å². The van der Waals surface area contributed by atoms with E-state index in [0.29, 0.717) is 12.0 Å². The third kappa shape index (κ3) is 3.13. The summed E-state index contributed by atoms with van der Waals surface area (Å²) in [6.07, 6.45) is -0.345. The number of hydrogen-bond acceptors (Lipinski definition) is 2. The first-order valence-corrected chi connectivity index (χ1v) is 4.14. The minimum absolute atomic E-state index is 0.230. The second kappa shape index (κ2) is 4.94. The van der Waals surface area contributed by atoms with Crippen LogP contribution in [0.25, 0.3) is 0 Å². The minimum Gasteiger partial charge on any atom is -0.390 e. The van der Waals surface area contributed by atoms with Gasteiger partial charge in [0, 0.05) is 13.5 Å². The lowest BCUT2D eigenvalue weighted by Crippen LogP contribution is -2.17. The molecule has 0 saturated carbocycles. The molecule has 13 heavy (non-hydrogen) atoms. The van der Waals surface area contributed by atoms with Gasteiger partial charge in [-0.2, -0.15) is 0 Å². The summed E-state index contributed by atoms with van der Waals surface area (Å²) in [6, 6.07) is 6.42. The Kier molecular flexibility index (Phi) is 3.86. The van der Waals surface area contributed by atoms with Crippen LogP contribution in [0.15, 0.2) is 24.3 Å². The van der Waals surface area contributed by atoms with Gasteiger partial charge in [0.1, 0.15) is 5.82 Å². The lowest BCUT2D eigenvalue weighted by atomic mass is 10.1.